The first-order chi connectivity index (χ1) is 13.3. The highest BCUT2D eigenvalue weighted by atomic mass is 35.5. The van der Waals surface area contributed by atoms with Gasteiger partial charge in [-0.3, -0.25) is 9.69 Å². The molecule has 2 heterocycles. The number of morpholine rings is 1. The number of hydrogen-bond acceptors (Lipinski definition) is 5. The van der Waals surface area contributed by atoms with Crippen molar-refractivity contribution in [1.82, 2.24) is 14.7 Å². The Balaban J connectivity index is 1.78. The molecular formula is C18H20ClF3N4O2. The number of nitrogens with one attached hydrogen (secondary N) is 1. The smallest absolute Gasteiger partial charge is 0.379 e. The second-order valence-corrected chi connectivity index (χ2v) is 6.97. The van der Waals surface area contributed by atoms with Gasteiger partial charge >= 0.3 is 6.18 Å². The van der Waals surface area contributed by atoms with Crippen molar-refractivity contribution in [3.8, 4) is 5.69 Å². The summed E-state index contributed by atoms with van der Waals surface area (Å²) in [6, 6.07) is 4.37. The number of rotatable bonds is 5. The maximum atomic E-state index is 12.9. The normalized spacial score (nSPS) is 16.8. The van der Waals surface area contributed by atoms with Crippen LogP contribution in [0.25, 0.3) is 5.69 Å². The zero-order valence-corrected chi connectivity index (χ0v) is 15.9. The molecule has 0 bridgehead atoms. The Morgan fingerprint density at radius 2 is 2.04 bits per heavy atom. The van der Waals surface area contributed by atoms with Crippen LogP contribution in [0.15, 0.2) is 35.3 Å². The first kappa shape index (κ1) is 20.6. The summed E-state index contributed by atoms with van der Waals surface area (Å²) in [5.74, 6) is 0. The second-order valence-electron chi connectivity index (χ2n) is 6.60. The highest BCUT2D eigenvalue weighted by molar-refractivity contribution is 6.32. The lowest BCUT2D eigenvalue weighted by atomic mass is 10.2. The average molecular weight is 417 g/mol. The lowest BCUT2D eigenvalue weighted by Crippen LogP contribution is -2.42. The van der Waals surface area contributed by atoms with Crippen LogP contribution in [-0.4, -0.2) is 53.6 Å². The molecule has 1 saturated heterocycles. The van der Waals surface area contributed by atoms with Gasteiger partial charge in [-0.05, 0) is 25.1 Å². The third-order valence-electron chi connectivity index (χ3n) is 4.37. The lowest BCUT2D eigenvalue weighted by Gasteiger charge is -2.29. The molecule has 0 amide bonds. The molecular weight excluding hydrogens is 397 g/mol. The van der Waals surface area contributed by atoms with Crippen LogP contribution in [-0.2, 0) is 10.9 Å². The van der Waals surface area contributed by atoms with E-state index in [0.717, 1.165) is 36.4 Å². The highest BCUT2D eigenvalue weighted by Gasteiger charge is 2.30. The van der Waals surface area contributed by atoms with Gasteiger partial charge in [0.15, 0.2) is 0 Å². The summed E-state index contributed by atoms with van der Waals surface area (Å²) in [7, 11) is 0. The van der Waals surface area contributed by atoms with Crippen LogP contribution in [0.1, 0.15) is 12.5 Å². The molecule has 1 aromatic heterocycles. The molecule has 1 fully saturated rings. The fourth-order valence-electron chi connectivity index (χ4n) is 3.01. The number of alkyl halides is 3. The molecule has 6 nitrogen and oxygen atoms in total. The summed E-state index contributed by atoms with van der Waals surface area (Å²) in [6.45, 7) is 5.70. The summed E-state index contributed by atoms with van der Waals surface area (Å²) < 4.78 is 44.9. The number of anilines is 1. The molecule has 28 heavy (non-hydrogen) atoms. The van der Waals surface area contributed by atoms with Gasteiger partial charge in [-0.15, -0.1) is 0 Å². The molecule has 152 valence electrons. The Labute approximate surface area is 164 Å². The molecule has 0 saturated carbocycles. The monoisotopic (exact) mass is 416 g/mol. The van der Waals surface area contributed by atoms with Gasteiger partial charge in [0.1, 0.15) is 5.02 Å². The van der Waals surface area contributed by atoms with Gasteiger partial charge < -0.3 is 10.1 Å². The maximum absolute atomic E-state index is 12.9. The molecule has 0 spiro atoms. The van der Waals surface area contributed by atoms with E-state index in [9.17, 15) is 18.0 Å². The van der Waals surface area contributed by atoms with Gasteiger partial charge in [0, 0.05) is 25.7 Å². The number of hydrogen-bond donors (Lipinski definition) is 1. The van der Waals surface area contributed by atoms with E-state index in [-0.39, 0.29) is 16.8 Å². The highest BCUT2D eigenvalue weighted by Crippen LogP contribution is 2.30. The minimum atomic E-state index is -4.51. The Morgan fingerprint density at radius 3 is 2.71 bits per heavy atom. The fraction of sp³-hybridized carbons (Fsp3) is 0.444. The third kappa shape index (κ3) is 4.84. The minimum absolute atomic E-state index is 0.00496. The van der Waals surface area contributed by atoms with Gasteiger partial charge in [0.2, 0.25) is 0 Å². The first-order valence-electron chi connectivity index (χ1n) is 8.78. The summed E-state index contributed by atoms with van der Waals surface area (Å²) in [5, 5.41) is 7.01. The van der Waals surface area contributed by atoms with Crippen LogP contribution in [0, 0.1) is 0 Å². The Bertz CT molecular complexity index is 882. The van der Waals surface area contributed by atoms with Gasteiger partial charge in [-0.2, -0.15) is 23.0 Å². The van der Waals surface area contributed by atoms with E-state index in [2.05, 4.69) is 15.3 Å². The Morgan fingerprint density at radius 1 is 1.32 bits per heavy atom. The van der Waals surface area contributed by atoms with Crippen LogP contribution < -0.4 is 10.9 Å². The van der Waals surface area contributed by atoms with E-state index in [1.54, 1.807) is 0 Å². The topological polar surface area (TPSA) is 59.4 Å². The molecule has 10 heteroatoms. The quantitative estimate of drug-likeness (QED) is 0.812. The number of nitrogens with zero attached hydrogens (tertiary/aromatic N) is 3. The number of ether oxygens (including phenoxy) is 1. The van der Waals surface area contributed by atoms with Crippen molar-refractivity contribution >= 4 is 17.3 Å². The molecule has 1 aliphatic heterocycles. The van der Waals surface area contributed by atoms with Crippen LogP contribution >= 0.6 is 11.6 Å². The molecule has 1 unspecified atom stereocenters. The minimum Gasteiger partial charge on any atom is -0.379 e. The molecule has 1 atom stereocenters. The summed E-state index contributed by atoms with van der Waals surface area (Å²) in [6.07, 6.45) is -3.17. The van der Waals surface area contributed by atoms with E-state index in [0.29, 0.717) is 18.9 Å². The molecule has 2 aromatic rings. The summed E-state index contributed by atoms with van der Waals surface area (Å²) in [4.78, 5) is 14.8. The largest absolute Gasteiger partial charge is 0.416 e. The zero-order chi connectivity index (χ0) is 20.3. The zero-order valence-electron chi connectivity index (χ0n) is 15.2. The lowest BCUT2D eigenvalue weighted by molar-refractivity contribution is -0.137. The molecule has 1 aromatic carbocycles. The van der Waals surface area contributed by atoms with Crippen molar-refractivity contribution in [3.05, 3.63) is 51.4 Å². The number of benzene rings is 1. The van der Waals surface area contributed by atoms with Crippen LogP contribution in [0.2, 0.25) is 5.02 Å². The molecule has 0 radical (unpaired) electrons. The SMILES string of the molecule is CC(CN1CCOCC1)Nc1cnn(-c2cccc(C(F)(F)F)c2)c(=O)c1Cl. The van der Waals surface area contributed by atoms with E-state index in [1.807, 2.05) is 6.92 Å². The molecule has 1 N–H and O–H groups in total. The molecule has 1 aliphatic rings. The van der Waals surface area contributed by atoms with E-state index < -0.39 is 17.3 Å². The van der Waals surface area contributed by atoms with Crippen molar-refractivity contribution in [2.45, 2.75) is 19.1 Å². The summed E-state index contributed by atoms with van der Waals surface area (Å²) in [5.41, 5.74) is -1.22. The van der Waals surface area contributed by atoms with Crippen LogP contribution in [0.3, 0.4) is 0 Å². The molecule has 0 aliphatic carbocycles. The summed E-state index contributed by atoms with van der Waals surface area (Å²) >= 11 is 6.17. The second kappa shape index (κ2) is 8.50. The average Bonchev–Trinajstić information content (AvgIpc) is 2.66. The van der Waals surface area contributed by atoms with E-state index >= 15 is 0 Å². The fourth-order valence-corrected chi connectivity index (χ4v) is 3.20. The standard InChI is InChI=1S/C18H20ClF3N4O2/c1-12(11-25-5-7-28-8-6-25)24-15-10-23-26(17(27)16(15)19)14-4-2-3-13(9-14)18(20,21)22/h2-4,9-10,12,24H,5-8,11H2,1H3. The first-order valence-corrected chi connectivity index (χ1v) is 9.15. The Kier molecular flexibility index (Phi) is 6.26. The van der Waals surface area contributed by atoms with Gasteiger partial charge in [-0.25, -0.2) is 0 Å². The number of aromatic nitrogens is 2. The Hall–Kier alpha value is -2.10. The number of halogens is 4. The van der Waals surface area contributed by atoms with Crippen LogP contribution in [0.4, 0.5) is 18.9 Å². The van der Waals surface area contributed by atoms with Crippen LogP contribution in [0.5, 0.6) is 0 Å². The van der Waals surface area contributed by atoms with Gasteiger partial charge in [0.25, 0.3) is 5.56 Å². The van der Waals surface area contributed by atoms with E-state index in [4.69, 9.17) is 16.3 Å². The van der Waals surface area contributed by atoms with Crippen molar-refractivity contribution in [1.29, 1.82) is 0 Å². The van der Waals surface area contributed by atoms with Crippen molar-refractivity contribution < 1.29 is 17.9 Å². The van der Waals surface area contributed by atoms with Gasteiger partial charge in [0.05, 0.1) is 36.3 Å². The predicted molar refractivity (Wildman–Crippen MR) is 100 cm³/mol. The maximum Gasteiger partial charge on any atom is 0.416 e. The predicted octanol–water partition coefficient (Wildman–Crippen LogP) is 3.04. The van der Waals surface area contributed by atoms with Crippen molar-refractivity contribution in [2.75, 3.05) is 38.2 Å². The van der Waals surface area contributed by atoms with Crippen molar-refractivity contribution in [2.24, 2.45) is 0 Å². The van der Waals surface area contributed by atoms with Gasteiger partial charge in [-0.1, -0.05) is 17.7 Å². The van der Waals surface area contributed by atoms with Crippen molar-refractivity contribution in [3.63, 3.8) is 0 Å². The molecule has 3 rings (SSSR count). The third-order valence-corrected chi connectivity index (χ3v) is 4.74. The van der Waals surface area contributed by atoms with E-state index in [1.165, 1.54) is 18.3 Å².